The Bertz CT molecular complexity index is 467. The third-order valence-corrected chi connectivity index (χ3v) is 2.41. The van der Waals surface area contributed by atoms with E-state index < -0.39 is 11.0 Å². The van der Waals surface area contributed by atoms with Gasteiger partial charge in [-0.3, -0.25) is 10.1 Å². The van der Waals surface area contributed by atoms with Gasteiger partial charge >= 0.3 is 6.09 Å². The fourth-order valence-electron chi connectivity index (χ4n) is 1.40. The lowest BCUT2D eigenvalue weighted by Crippen LogP contribution is -2.25. The van der Waals surface area contributed by atoms with E-state index in [0.717, 1.165) is 0 Å². The number of ether oxygens (including phenoxy) is 2. The van der Waals surface area contributed by atoms with Crippen LogP contribution in [-0.2, 0) is 9.47 Å². The number of nitrogens with one attached hydrogen (secondary N) is 2. The van der Waals surface area contributed by atoms with Gasteiger partial charge in [0.15, 0.2) is 0 Å². The minimum absolute atomic E-state index is 0.0589. The molecule has 0 fully saturated rings. The van der Waals surface area contributed by atoms with Crippen LogP contribution in [0.25, 0.3) is 0 Å². The highest BCUT2D eigenvalue weighted by Gasteiger charge is 2.04. The predicted octanol–water partition coefficient (Wildman–Crippen LogP) is 0.702. The summed E-state index contributed by atoms with van der Waals surface area (Å²) < 4.78 is 10.4. The molecular weight excluding hydrogens is 296 g/mol. The van der Waals surface area contributed by atoms with Gasteiger partial charge in [-0.1, -0.05) is 0 Å². The van der Waals surface area contributed by atoms with E-state index in [4.69, 9.17) is 14.6 Å². The first-order chi connectivity index (χ1) is 10.6. The van der Waals surface area contributed by atoms with Crippen LogP contribution < -0.4 is 10.6 Å². The molecule has 122 valence electrons. The minimum Gasteiger partial charge on any atom is -0.465 e. The van der Waals surface area contributed by atoms with Crippen LogP contribution in [0.4, 0.5) is 16.3 Å². The van der Waals surface area contributed by atoms with Crippen molar-refractivity contribution in [3.63, 3.8) is 0 Å². The first kappa shape index (κ1) is 17.6. The SMILES string of the molecule is O=C(O)NCCOCCOCCNc1ccc([N+](=O)[O-])cn1. The van der Waals surface area contributed by atoms with E-state index in [1.165, 1.54) is 18.3 Å². The molecule has 1 amide bonds. The molecule has 0 aliphatic rings. The van der Waals surface area contributed by atoms with Gasteiger partial charge in [-0.25, -0.2) is 9.78 Å². The molecule has 0 aliphatic carbocycles. The van der Waals surface area contributed by atoms with E-state index >= 15 is 0 Å². The Balaban J connectivity index is 1.97. The van der Waals surface area contributed by atoms with Gasteiger partial charge in [0, 0.05) is 19.2 Å². The fourth-order valence-corrected chi connectivity index (χ4v) is 1.40. The highest BCUT2D eigenvalue weighted by Crippen LogP contribution is 2.11. The van der Waals surface area contributed by atoms with Crippen LogP contribution in [0.2, 0.25) is 0 Å². The minimum atomic E-state index is -1.08. The summed E-state index contributed by atoms with van der Waals surface area (Å²) in [6.07, 6.45) is 0.105. The number of aromatic nitrogens is 1. The summed E-state index contributed by atoms with van der Waals surface area (Å²) >= 11 is 0. The highest BCUT2D eigenvalue weighted by molar-refractivity contribution is 5.64. The van der Waals surface area contributed by atoms with E-state index in [0.29, 0.717) is 38.8 Å². The van der Waals surface area contributed by atoms with E-state index in [1.54, 1.807) is 0 Å². The van der Waals surface area contributed by atoms with Crippen LogP contribution in [-0.4, -0.2) is 60.6 Å². The number of nitrogens with zero attached hydrogens (tertiary/aromatic N) is 2. The second-order valence-electron chi connectivity index (χ2n) is 4.04. The molecule has 0 spiro atoms. The second-order valence-corrected chi connectivity index (χ2v) is 4.04. The molecule has 0 bridgehead atoms. The molecule has 0 atom stereocenters. The van der Waals surface area contributed by atoms with Crippen molar-refractivity contribution < 1.29 is 24.3 Å². The van der Waals surface area contributed by atoms with Gasteiger partial charge in [-0.15, -0.1) is 0 Å². The van der Waals surface area contributed by atoms with Gasteiger partial charge in [0.25, 0.3) is 5.69 Å². The van der Waals surface area contributed by atoms with E-state index in [2.05, 4.69) is 15.6 Å². The Morgan fingerprint density at radius 1 is 1.23 bits per heavy atom. The van der Waals surface area contributed by atoms with Gasteiger partial charge < -0.3 is 25.2 Å². The van der Waals surface area contributed by atoms with Crippen molar-refractivity contribution in [1.82, 2.24) is 10.3 Å². The summed E-state index contributed by atoms with van der Waals surface area (Å²) in [7, 11) is 0. The summed E-state index contributed by atoms with van der Waals surface area (Å²) in [5.74, 6) is 0.533. The lowest BCUT2D eigenvalue weighted by Gasteiger charge is -2.07. The maximum absolute atomic E-state index is 10.5. The summed E-state index contributed by atoms with van der Waals surface area (Å²) in [4.78, 5) is 24.0. The quantitative estimate of drug-likeness (QED) is 0.308. The molecule has 0 aromatic carbocycles. The molecule has 0 unspecified atom stereocenters. The van der Waals surface area contributed by atoms with Crippen molar-refractivity contribution in [2.24, 2.45) is 0 Å². The normalized spacial score (nSPS) is 10.2. The average Bonchev–Trinajstić information content (AvgIpc) is 2.49. The topological polar surface area (TPSA) is 136 Å². The summed E-state index contributed by atoms with van der Waals surface area (Å²) in [6, 6.07) is 2.89. The molecule has 1 rings (SSSR count). The third kappa shape index (κ3) is 7.97. The number of nitro groups is 1. The van der Waals surface area contributed by atoms with Crippen molar-refractivity contribution in [2.75, 3.05) is 44.8 Å². The molecule has 10 heteroatoms. The Labute approximate surface area is 126 Å². The van der Waals surface area contributed by atoms with Gasteiger partial charge in [0.2, 0.25) is 0 Å². The van der Waals surface area contributed by atoms with E-state index in [9.17, 15) is 14.9 Å². The largest absolute Gasteiger partial charge is 0.465 e. The zero-order valence-corrected chi connectivity index (χ0v) is 11.9. The second kappa shape index (κ2) is 10.3. The van der Waals surface area contributed by atoms with Crippen molar-refractivity contribution >= 4 is 17.6 Å². The molecule has 0 aliphatic heterocycles. The maximum Gasteiger partial charge on any atom is 0.404 e. The van der Waals surface area contributed by atoms with Gasteiger partial charge in [0.05, 0.1) is 31.4 Å². The average molecular weight is 314 g/mol. The molecular formula is C12H18N4O6. The third-order valence-electron chi connectivity index (χ3n) is 2.41. The number of rotatable bonds is 11. The van der Waals surface area contributed by atoms with Gasteiger partial charge in [-0.05, 0) is 6.07 Å². The molecule has 1 heterocycles. The Kier molecular flexibility index (Phi) is 8.23. The number of hydrogen-bond donors (Lipinski definition) is 3. The van der Waals surface area contributed by atoms with Crippen molar-refractivity contribution in [3.8, 4) is 0 Å². The van der Waals surface area contributed by atoms with E-state index in [1.807, 2.05) is 0 Å². The predicted molar refractivity (Wildman–Crippen MR) is 77.0 cm³/mol. The van der Waals surface area contributed by atoms with Crippen LogP contribution in [0.3, 0.4) is 0 Å². The van der Waals surface area contributed by atoms with Crippen LogP contribution in [0, 0.1) is 10.1 Å². The van der Waals surface area contributed by atoms with Crippen molar-refractivity contribution in [3.05, 3.63) is 28.4 Å². The smallest absolute Gasteiger partial charge is 0.404 e. The molecule has 0 radical (unpaired) electrons. The summed E-state index contributed by atoms with van der Waals surface area (Å²) in [6.45, 7) is 2.23. The van der Waals surface area contributed by atoms with E-state index in [-0.39, 0.29) is 12.2 Å². The number of hydrogen-bond acceptors (Lipinski definition) is 7. The maximum atomic E-state index is 10.5. The Morgan fingerprint density at radius 3 is 2.45 bits per heavy atom. The zero-order chi connectivity index (χ0) is 16.2. The monoisotopic (exact) mass is 314 g/mol. The van der Waals surface area contributed by atoms with Crippen molar-refractivity contribution in [2.45, 2.75) is 0 Å². The molecule has 3 N–H and O–H groups in total. The zero-order valence-electron chi connectivity index (χ0n) is 11.9. The van der Waals surface area contributed by atoms with Gasteiger partial charge in [-0.2, -0.15) is 0 Å². The first-order valence-electron chi connectivity index (χ1n) is 6.56. The number of pyridine rings is 1. The molecule has 0 saturated heterocycles. The highest BCUT2D eigenvalue weighted by atomic mass is 16.6. The standard InChI is InChI=1S/C12H18N4O6/c17-12(18)14-4-6-22-8-7-21-5-3-13-11-2-1-10(9-15-11)16(19)20/h1-2,9,14H,3-8H2,(H,13,15)(H,17,18). The Morgan fingerprint density at radius 2 is 1.91 bits per heavy atom. The van der Waals surface area contributed by atoms with Crippen molar-refractivity contribution in [1.29, 1.82) is 0 Å². The lowest BCUT2D eigenvalue weighted by atomic mass is 10.4. The van der Waals surface area contributed by atoms with Gasteiger partial charge in [0.1, 0.15) is 12.0 Å². The van der Waals surface area contributed by atoms with Crippen LogP contribution in [0.1, 0.15) is 0 Å². The van der Waals surface area contributed by atoms with Crippen LogP contribution in [0.5, 0.6) is 0 Å². The summed E-state index contributed by atoms with van der Waals surface area (Å²) in [5, 5.41) is 23.9. The molecule has 1 aromatic heterocycles. The van der Waals surface area contributed by atoms with Crippen LogP contribution >= 0.6 is 0 Å². The molecule has 0 saturated carbocycles. The Hall–Kier alpha value is -2.46. The fraction of sp³-hybridized carbons (Fsp3) is 0.500. The number of anilines is 1. The lowest BCUT2D eigenvalue weighted by molar-refractivity contribution is -0.385. The molecule has 22 heavy (non-hydrogen) atoms. The molecule has 10 nitrogen and oxygen atoms in total. The van der Waals surface area contributed by atoms with Crippen LogP contribution in [0.15, 0.2) is 18.3 Å². The number of carboxylic acid groups (broad SMARTS) is 1. The first-order valence-corrected chi connectivity index (χ1v) is 6.56. The number of carbonyl (C=O) groups is 1. The number of amides is 1. The molecule has 1 aromatic rings. The summed E-state index contributed by atoms with van der Waals surface area (Å²) in [5.41, 5.74) is -0.0589.